The zero-order chi connectivity index (χ0) is 25.4. The molecule has 6 heteroatoms. The molecule has 36 heavy (non-hydrogen) atoms. The molecule has 2 atom stereocenters. The number of hydrogen-bond acceptors (Lipinski definition) is 4. The van der Waals surface area contributed by atoms with E-state index in [1.54, 1.807) is 17.0 Å². The Balaban J connectivity index is 1.65. The van der Waals surface area contributed by atoms with Gasteiger partial charge in [-0.1, -0.05) is 43.3 Å². The summed E-state index contributed by atoms with van der Waals surface area (Å²) in [6.07, 6.45) is 1.27. The lowest BCUT2D eigenvalue weighted by atomic mass is 9.78. The van der Waals surface area contributed by atoms with E-state index < -0.39 is 6.04 Å². The Kier molecular flexibility index (Phi) is 6.35. The summed E-state index contributed by atoms with van der Waals surface area (Å²) < 4.78 is 13.8. The lowest BCUT2D eigenvalue weighted by molar-refractivity contribution is -0.119. The molecule has 5 nitrogen and oxygen atoms in total. The lowest BCUT2D eigenvalue weighted by Gasteiger charge is -2.35. The monoisotopic (exact) mass is 483 g/mol. The summed E-state index contributed by atoms with van der Waals surface area (Å²) in [6, 6.07) is 21.5. The summed E-state index contributed by atoms with van der Waals surface area (Å²) in [6.45, 7) is 1.82. The minimum absolute atomic E-state index is 0.00136. The standard InChI is InChI=1S/C30H30FN3O2/c1-4-28(36)34-26-8-6-5-7-24(26)32-25-17-21(19-11-15-23(16-12-19)33(2)3)18-27(35)29(25)30(34)20-9-13-22(31)14-10-20/h5-16,21,30,32H,4,17-18H2,1-3H3. The quantitative estimate of drug-likeness (QED) is 0.480. The van der Waals surface area contributed by atoms with E-state index in [0.717, 1.165) is 22.6 Å². The largest absolute Gasteiger partial charge is 0.378 e. The molecule has 0 spiro atoms. The van der Waals surface area contributed by atoms with Crippen LogP contribution in [0.4, 0.5) is 21.5 Å². The summed E-state index contributed by atoms with van der Waals surface area (Å²) in [5.74, 6) is -0.429. The molecular weight excluding hydrogens is 453 g/mol. The first-order valence-electron chi connectivity index (χ1n) is 12.3. The van der Waals surface area contributed by atoms with Crippen LogP contribution in [0.15, 0.2) is 84.1 Å². The minimum Gasteiger partial charge on any atom is -0.378 e. The number of hydrogen-bond donors (Lipinski definition) is 1. The maximum Gasteiger partial charge on any atom is 0.227 e. The number of amides is 1. The Morgan fingerprint density at radius 2 is 1.64 bits per heavy atom. The smallest absolute Gasteiger partial charge is 0.227 e. The van der Waals surface area contributed by atoms with Gasteiger partial charge in [0.15, 0.2) is 5.78 Å². The van der Waals surface area contributed by atoms with Crippen LogP contribution in [0.1, 0.15) is 49.3 Å². The third-order valence-electron chi connectivity index (χ3n) is 7.13. The maximum absolute atomic E-state index is 13.9. The van der Waals surface area contributed by atoms with Gasteiger partial charge < -0.3 is 10.2 Å². The molecule has 0 saturated carbocycles. The number of anilines is 3. The summed E-state index contributed by atoms with van der Waals surface area (Å²) in [5.41, 5.74) is 5.83. The fourth-order valence-corrected chi connectivity index (χ4v) is 5.28. The summed E-state index contributed by atoms with van der Waals surface area (Å²) in [4.78, 5) is 31.0. The molecule has 3 aromatic carbocycles. The molecule has 0 saturated heterocycles. The number of fused-ring (bicyclic) bond motifs is 1. The van der Waals surface area contributed by atoms with Gasteiger partial charge in [0.05, 0.1) is 17.4 Å². The zero-order valence-corrected chi connectivity index (χ0v) is 20.8. The molecule has 5 rings (SSSR count). The Morgan fingerprint density at radius 3 is 2.31 bits per heavy atom. The van der Waals surface area contributed by atoms with Crippen molar-refractivity contribution in [2.45, 2.75) is 38.1 Å². The number of nitrogens with one attached hydrogen (secondary N) is 1. The fraction of sp³-hybridized carbons (Fsp3) is 0.267. The highest BCUT2D eigenvalue weighted by atomic mass is 19.1. The van der Waals surface area contributed by atoms with Crippen molar-refractivity contribution in [3.8, 4) is 0 Å². The average Bonchev–Trinajstić information content (AvgIpc) is 3.03. The van der Waals surface area contributed by atoms with E-state index in [9.17, 15) is 14.0 Å². The first-order chi connectivity index (χ1) is 17.4. The van der Waals surface area contributed by atoms with E-state index in [1.165, 1.54) is 12.1 Å². The number of rotatable bonds is 4. The molecule has 2 unspecified atom stereocenters. The van der Waals surface area contributed by atoms with Crippen LogP contribution in [0.3, 0.4) is 0 Å². The molecule has 2 aliphatic rings. The Morgan fingerprint density at radius 1 is 0.972 bits per heavy atom. The van der Waals surface area contributed by atoms with Gasteiger partial charge in [-0.25, -0.2) is 4.39 Å². The normalized spacial score (nSPS) is 19.2. The Bertz CT molecular complexity index is 1330. The predicted molar refractivity (Wildman–Crippen MR) is 142 cm³/mol. The van der Waals surface area contributed by atoms with Gasteiger partial charge in [-0.15, -0.1) is 0 Å². The molecule has 0 aromatic heterocycles. The molecule has 0 radical (unpaired) electrons. The minimum atomic E-state index is -0.631. The van der Waals surface area contributed by atoms with Crippen molar-refractivity contribution in [2.24, 2.45) is 0 Å². The van der Waals surface area contributed by atoms with E-state index in [1.807, 2.05) is 50.2 Å². The molecule has 184 valence electrons. The number of carbonyl (C=O) groups excluding carboxylic acids is 2. The third kappa shape index (κ3) is 4.28. The lowest BCUT2D eigenvalue weighted by Crippen LogP contribution is -2.38. The second-order valence-corrected chi connectivity index (χ2v) is 9.62. The van der Waals surface area contributed by atoms with Crippen LogP contribution in [0.2, 0.25) is 0 Å². The van der Waals surface area contributed by atoms with Gasteiger partial charge in [-0.3, -0.25) is 14.5 Å². The molecule has 1 N–H and O–H groups in total. The van der Waals surface area contributed by atoms with Crippen LogP contribution in [0, 0.1) is 5.82 Å². The zero-order valence-electron chi connectivity index (χ0n) is 20.8. The summed E-state index contributed by atoms with van der Waals surface area (Å²) in [5, 5.41) is 3.52. The molecule has 0 bridgehead atoms. The van der Waals surface area contributed by atoms with Gasteiger partial charge >= 0.3 is 0 Å². The third-order valence-corrected chi connectivity index (χ3v) is 7.13. The van der Waals surface area contributed by atoms with Gasteiger partial charge in [-0.2, -0.15) is 0 Å². The van der Waals surface area contributed by atoms with Gasteiger partial charge in [0.1, 0.15) is 5.82 Å². The van der Waals surface area contributed by atoms with Crippen molar-refractivity contribution >= 4 is 28.8 Å². The highest BCUT2D eigenvalue weighted by Gasteiger charge is 2.41. The van der Waals surface area contributed by atoms with Crippen LogP contribution >= 0.6 is 0 Å². The van der Waals surface area contributed by atoms with Crippen LogP contribution < -0.4 is 15.1 Å². The molecular formula is C30H30FN3O2. The second kappa shape index (κ2) is 9.61. The van der Waals surface area contributed by atoms with Gasteiger partial charge in [0.25, 0.3) is 0 Å². The van der Waals surface area contributed by atoms with Crippen LogP contribution in [-0.2, 0) is 9.59 Å². The number of para-hydroxylation sites is 2. The molecule has 0 fully saturated rings. The maximum atomic E-state index is 13.9. The summed E-state index contributed by atoms with van der Waals surface area (Å²) >= 11 is 0. The number of Topliss-reactive ketones (excluding diaryl/α,β-unsaturated/α-hetero) is 1. The van der Waals surface area contributed by atoms with E-state index in [-0.39, 0.29) is 29.8 Å². The first kappa shape index (κ1) is 23.8. The van der Waals surface area contributed by atoms with Crippen LogP contribution in [0.25, 0.3) is 0 Å². The van der Waals surface area contributed by atoms with Crippen molar-refractivity contribution in [3.05, 3.63) is 101 Å². The Hall–Kier alpha value is -3.93. The van der Waals surface area contributed by atoms with E-state index >= 15 is 0 Å². The molecule has 1 heterocycles. The number of halogens is 1. The van der Waals surface area contributed by atoms with E-state index in [2.05, 4.69) is 29.6 Å². The predicted octanol–water partition coefficient (Wildman–Crippen LogP) is 6.20. The van der Waals surface area contributed by atoms with Crippen LogP contribution in [-0.4, -0.2) is 25.8 Å². The van der Waals surface area contributed by atoms with Gasteiger partial charge in [0.2, 0.25) is 5.91 Å². The SMILES string of the molecule is CCC(=O)N1c2ccccc2NC2=C(C(=O)CC(c3ccc(N(C)C)cc3)C2)C1c1ccc(F)cc1. The Labute approximate surface area is 211 Å². The number of allylic oxidation sites excluding steroid dienone is 1. The molecule has 1 aliphatic carbocycles. The molecule has 3 aromatic rings. The first-order valence-corrected chi connectivity index (χ1v) is 12.3. The number of ketones is 1. The van der Waals surface area contributed by atoms with Crippen molar-refractivity contribution in [1.82, 2.24) is 0 Å². The topological polar surface area (TPSA) is 52.7 Å². The van der Waals surface area contributed by atoms with Crippen molar-refractivity contribution in [1.29, 1.82) is 0 Å². The van der Waals surface area contributed by atoms with Crippen molar-refractivity contribution in [3.63, 3.8) is 0 Å². The number of carbonyl (C=O) groups is 2. The van der Waals surface area contributed by atoms with E-state index in [4.69, 9.17) is 0 Å². The number of nitrogens with zero attached hydrogens (tertiary/aromatic N) is 2. The molecule has 1 aliphatic heterocycles. The van der Waals surface area contributed by atoms with Gasteiger partial charge in [0, 0.05) is 43.9 Å². The van der Waals surface area contributed by atoms with Crippen molar-refractivity contribution in [2.75, 3.05) is 29.2 Å². The average molecular weight is 484 g/mol. The van der Waals surface area contributed by atoms with Crippen molar-refractivity contribution < 1.29 is 14.0 Å². The highest BCUT2D eigenvalue weighted by molar-refractivity contribution is 6.06. The summed E-state index contributed by atoms with van der Waals surface area (Å²) in [7, 11) is 4.00. The number of benzene rings is 3. The fourth-order valence-electron chi connectivity index (χ4n) is 5.28. The molecule has 1 amide bonds. The van der Waals surface area contributed by atoms with Crippen LogP contribution in [0.5, 0.6) is 0 Å². The van der Waals surface area contributed by atoms with Gasteiger partial charge in [-0.05, 0) is 59.9 Å². The highest BCUT2D eigenvalue weighted by Crippen LogP contribution is 2.47. The van der Waals surface area contributed by atoms with E-state index in [0.29, 0.717) is 29.7 Å². The second-order valence-electron chi connectivity index (χ2n) is 9.62.